The van der Waals surface area contributed by atoms with Gasteiger partial charge in [-0.05, 0) is 52.4 Å². The van der Waals surface area contributed by atoms with E-state index in [2.05, 4.69) is 94.1 Å². The first-order valence-electron chi connectivity index (χ1n) is 11.0. The first-order valence-corrected chi connectivity index (χ1v) is 13.0. The fraction of sp³-hybridized carbons (Fsp3) is 0.444. The molecule has 0 amide bonds. The summed E-state index contributed by atoms with van der Waals surface area (Å²) < 4.78 is 0. The normalized spacial score (nSPS) is 12.9. The molecule has 0 aromatic heterocycles. The molecule has 0 saturated heterocycles. The number of aliphatic hydroxyl groups is 1. The summed E-state index contributed by atoms with van der Waals surface area (Å²) in [6.45, 7) is 13.5. The van der Waals surface area contributed by atoms with Gasteiger partial charge in [-0.25, -0.2) is 0 Å². The summed E-state index contributed by atoms with van der Waals surface area (Å²) in [5, 5.41) is 14.8. The van der Waals surface area contributed by atoms with E-state index in [1.165, 1.54) is 15.6 Å². The summed E-state index contributed by atoms with van der Waals surface area (Å²) in [5.41, 5.74) is 4.76. The van der Waals surface area contributed by atoms with Crippen molar-refractivity contribution in [2.24, 2.45) is 0 Å². The average Bonchev–Trinajstić information content (AvgIpc) is 2.72. The molecule has 2 aromatic rings. The standard InChI is InChI=1S/C27H38OSi/c1-7-9-16-25(21-22(3)26(28)8-2)29(27(4,5)6,23-17-12-10-13-18-23)24-19-14-11-15-20-24/h10-15,17-20,26,28H,7-9,16H2,1-6H3. The molecule has 2 rings (SSSR count). The van der Waals surface area contributed by atoms with Crippen LogP contribution in [0.4, 0.5) is 0 Å². The Morgan fingerprint density at radius 2 is 1.41 bits per heavy atom. The molecule has 0 heterocycles. The Hall–Kier alpha value is -1.86. The Kier molecular flexibility index (Phi) is 8.28. The minimum absolute atomic E-state index is 0.0588. The number of benzene rings is 2. The highest BCUT2D eigenvalue weighted by Crippen LogP contribution is 2.42. The van der Waals surface area contributed by atoms with E-state index in [-0.39, 0.29) is 5.04 Å². The molecule has 0 aliphatic carbocycles. The zero-order chi connectivity index (χ0) is 21.5. The number of aliphatic hydroxyl groups excluding tert-OH is 1. The van der Waals surface area contributed by atoms with E-state index < -0.39 is 14.2 Å². The third-order valence-corrected chi connectivity index (χ3v) is 11.9. The van der Waals surface area contributed by atoms with Crippen molar-refractivity contribution < 1.29 is 5.11 Å². The minimum atomic E-state index is -2.36. The first-order chi connectivity index (χ1) is 13.8. The van der Waals surface area contributed by atoms with Gasteiger partial charge >= 0.3 is 0 Å². The number of unbranched alkanes of at least 4 members (excludes halogenated alkanes) is 1. The van der Waals surface area contributed by atoms with Gasteiger partial charge in [0.15, 0.2) is 8.07 Å². The van der Waals surface area contributed by atoms with Crippen LogP contribution in [0.5, 0.6) is 0 Å². The van der Waals surface area contributed by atoms with Crippen LogP contribution >= 0.6 is 0 Å². The maximum atomic E-state index is 10.5. The Labute approximate surface area is 179 Å². The predicted octanol–water partition coefficient (Wildman–Crippen LogP) is 6.02. The molecule has 1 nitrogen and oxygen atoms in total. The van der Waals surface area contributed by atoms with Crippen molar-refractivity contribution in [2.75, 3.05) is 0 Å². The molecule has 1 N–H and O–H groups in total. The van der Waals surface area contributed by atoms with Crippen LogP contribution in [-0.4, -0.2) is 19.3 Å². The molecule has 0 radical (unpaired) electrons. The van der Waals surface area contributed by atoms with Crippen LogP contribution in [-0.2, 0) is 0 Å². The topological polar surface area (TPSA) is 20.2 Å². The highest BCUT2D eigenvalue weighted by Gasteiger charge is 2.50. The quantitative estimate of drug-likeness (QED) is 0.420. The zero-order valence-corrected chi connectivity index (χ0v) is 20.1. The summed E-state index contributed by atoms with van der Waals surface area (Å²) in [4.78, 5) is 0. The second kappa shape index (κ2) is 10.3. The van der Waals surface area contributed by atoms with Gasteiger partial charge in [0.05, 0.1) is 6.10 Å². The molecule has 0 saturated carbocycles. The summed E-state index contributed by atoms with van der Waals surface area (Å²) in [7, 11) is -2.36. The van der Waals surface area contributed by atoms with Gasteiger partial charge in [0, 0.05) is 0 Å². The van der Waals surface area contributed by atoms with Gasteiger partial charge in [0.1, 0.15) is 0 Å². The van der Waals surface area contributed by atoms with E-state index in [1.807, 2.05) is 13.8 Å². The molecule has 2 heteroatoms. The van der Waals surface area contributed by atoms with E-state index in [0.29, 0.717) is 0 Å². The van der Waals surface area contributed by atoms with Crippen LogP contribution in [0.3, 0.4) is 0 Å². The van der Waals surface area contributed by atoms with E-state index in [9.17, 15) is 5.11 Å². The van der Waals surface area contributed by atoms with E-state index in [4.69, 9.17) is 0 Å². The van der Waals surface area contributed by atoms with Gasteiger partial charge in [-0.3, -0.25) is 0 Å². The Morgan fingerprint density at radius 1 is 0.931 bits per heavy atom. The average molecular weight is 407 g/mol. The molecule has 0 fully saturated rings. The van der Waals surface area contributed by atoms with E-state index >= 15 is 0 Å². The van der Waals surface area contributed by atoms with Gasteiger partial charge < -0.3 is 5.11 Å². The van der Waals surface area contributed by atoms with Gasteiger partial charge in [-0.15, -0.1) is 5.73 Å². The van der Waals surface area contributed by atoms with Gasteiger partial charge in [-0.1, -0.05) is 102 Å². The highest BCUT2D eigenvalue weighted by molar-refractivity contribution is 7.09. The molecule has 1 unspecified atom stereocenters. The Morgan fingerprint density at radius 3 is 1.79 bits per heavy atom. The van der Waals surface area contributed by atoms with Crippen LogP contribution < -0.4 is 10.4 Å². The van der Waals surface area contributed by atoms with Gasteiger partial charge in [-0.2, -0.15) is 0 Å². The number of hydrogen-bond donors (Lipinski definition) is 1. The fourth-order valence-electron chi connectivity index (χ4n) is 4.53. The third-order valence-electron chi connectivity index (χ3n) is 6.01. The highest BCUT2D eigenvalue weighted by atomic mass is 28.3. The van der Waals surface area contributed by atoms with Crippen molar-refractivity contribution in [2.45, 2.75) is 78.4 Å². The van der Waals surface area contributed by atoms with Crippen LogP contribution in [0, 0.1) is 0 Å². The molecule has 1 atom stereocenters. The summed E-state index contributed by atoms with van der Waals surface area (Å²) in [5.74, 6) is 0. The van der Waals surface area contributed by atoms with Crippen molar-refractivity contribution in [3.8, 4) is 0 Å². The SMILES string of the molecule is CCCCC(=C=C(C)C(O)CC)[Si](c1ccccc1)(c1ccccc1)C(C)(C)C. The second-order valence-corrected chi connectivity index (χ2v) is 13.8. The summed E-state index contributed by atoms with van der Waals surface area (Å²) >= 11 is 0. The minimum Gasteiger partial charge on any atom is -0.388 e. The molecule has 0 spiro atoms. The zero-order valence-electron chi connectivity index (χ0n) is 19.1. The number of rotatable bonds is 8. The molecule has 156 valence electrons. The molecule has 0 bridgehead atoms. The van der Waals surface area contributed by atoms with Crippen molar-refractivity contribution in [1.29, 1.82) is 0 Å². The lowest BCUT2D eigenvalue weighted by molar-refractivity contribution is 0.207. The first kappa shape index (κ1) is 23.4. The van der Waals surface area contributed by atoms with Gasteiger partial charge in [0.2, 0.25) is 0 Å². The number of hydrogen-bond acceptors (Lipinski definition) is 1. The molecule has 2 aromatic carbocycles. The van der Waals surface area contributed by atoms with Gasteiger partial charge in [0.25, 0.3) is 0 Å². The fourth-order valence-corrected chi connectivity index (χ4v) is 10.5. The Bertz CT molecular complexity index is 784. The van der Waals surface area contributed by atoms with Crippen LogP contribution in [0.25, 0.3) is 0 Å². The van der Waals surface area contributed by atoms with Crippen LogP contribution in [0.2, 0.25) is 5.04 Å². The van der Waals surface area contributed by atoms with Crippen molar-refractivity contribution in [3.63, 3.8) is 0 Å². The smallest absolute Gasteiger partial charge is 0.157 e. The third kappa shape index (κ3) is 5.01. The molecule has 0 aliphatic heterocycles. The monoisotopic (exact) mass is 406 g/mol. The Balaban J connectivity index is 2.98. The maximum Gasteiger partial charge on any atom is 0.157 e. The summed E-state index contributed by atoms with van der Waals surface area (Å²) in [6, 6.07) is 22.1. The largest absolute Gasteiger partial charge is 0.388 e. The molecular weight excluding hydrogens is 368 g/mol. The summed E-state index contributed by atoms with van der Waals surface area (Å²) in [6.07, 6.45) is 3.61. The van der Waals surface area contributed by atoms with Crippen molar-refractivity contribution >= 4 is 18.4 Å². The predicted molar refractivity (Wildman–Crippen MR) is 130 cm³/mol. The molecule has 0 aliphatic rings. The van der Waals surface area contributed by atoms with E-state index in [0.717, 1.165) is 31.3 Å². The van der Waals surface area contributed by atoms with Crippen molar-refractivity contribution in [3.05, 3.63) is 77.2 Å². The van der Waals surface area contributed by atoms with E-state index in [1.54, 1.807) is 0 Å². The lowest BCUT2D eigenvalue weighted by atomic mass is 10.1. The van der Waals surface area contributed by atoms with Crippen molar-refractivity contribution in [1.82, 2.24) is 0 Å². The second-order valence-electron chi connectivity index (χ2n) is 9.05. The van der Waals surface area contributed by atoms with Crippen LogP contribution in [0.1, 0.15) is 67.2 Å². The molecule has 29 heavy (non-hydrogen) atoms. The maximum absolute atomic E-state index is 10.5. The lowest BCUT2D eigenvalue weighted by Gasteiger charge is -2.45. The lowest BCUT2D eigenvalue weighted by Crippen LogP contribution is -2.65. The molecular formula is C27H38OSi. The van der Waals surface area contributed by atoms with Crippen LogP contribution in [0.15, 0.2) is 77.2 Å².